The van der Waals surface area contributed by atoms with Gasteiger partial charge in [-0.05, 0) is 18.6 Å². The van der Waals surface area contributed by atoms with Crippen molar-refractivity contribution in [2.75, 3.05) is 0 Å². The molecule has 0 saturated carbocycles. The Morgan fingerprint density at radius 2 is 1.94 bits per heavy atom. The molecule has 0 atom stereocenters. The van der Waals surface area contributed by atoms with E-state index in [0.29, 0.717) is 16.2 Å². The van der Waals surface area contributed by atoms with E-state index >= 15 is 0 Å². The van der Waals surface area contributed by atoms with Gasteiger partial charge >= 0.3 is 5.97 Å². The molecule has 1 aromatic rings. The van der Waals surface area contributed by atoms with Crippen LogP contribution < -0.4 is 0 Å². The number of hydroxylamine groups is 2. The first-order valence-corrected chi connectivity index (χ1v) is 4.69. The van der Waals surface area contributed by atoms with Crippen molar-refractivity contribution in [2.45, 2.75) is 13.8 Å². The number of carbonyl (C=O) groups excluding carboxylic acids is 3. The number of amides is 2. The fourth-order valence-electron chi connectivity index (χ4n) is 1.64. The van der Waals surface area contributed by atoms with Gasteiger partial charge in [0.1, 0.15) is 0 Å². The van der Waals surface area contributed by atoms with Crippen LogP contribution in [0.4, 0.5) is 0 Å². The lowest BCUT2D eigenvalue weighted by Crippen LogP contribution is -2.31. The topological polar surface area (TPSA) is 63.7 Å². The first-order valence-electron chi connectivity index (χ1n) is 4.69. The van der Waals surface area contributed by atoms with Gasteiger partial charge in [-0.2, -0.15) is 0 Å². The molecular weight excluding hydrogens is 210 g/mol. The largest absolute Gasteiger partial charge is 0.330 e. The highest BCUT2D eigenvalue weighted by Crippen LogP contribution is 2.25. The van der Waals surface area contributed by atoms with E-state index in [-0.39, 0.29) is 5.56 Å². The highest BCUT2D eigenvalue weighted by Gasteiger charge is 2.39. The molecule has 0 radical (unpaired) electrons. The second kappa shape index (κ2) is 3.44. The van der Waals surface area contributed by atoms with Gasteiger partial charge in [0, 0.05) is 6.92 Å². The molecule has 5 heteroatoms. The molecule has 1 aliphatic heterocycles. The summed E-state index contributed by atoms with van der Waals surface area (Å²) in [5.41, 5.74) is 1.26. The van der Waals surface area contributed by atoms with Crippen LogP contribution in [0.1, 0.15) is 33.2 Å². The van der Waals surface area contributed by atoms with E-state index in [0.717, 1.165) is 6.92 Å². The molecule has 16 heavy (non-hydrogen) atoms. The van der Waals surface area contributed by atoms with Crippen molar-refractivity contribution in [1.29, 1.82) is 0 Å². The average molecular weight is 219 g/mol. The summed E-state index contributed by atoms with van der Waals surface area (Å²) in [6.45, 7) is 2.86. The Balaban J connectivity index is 2.48. The summed E-state index contributed by atoms with van der Waals surface area (Å²) >= 11 is 0. The van der Waals surface area contributed by atoms with E-state index in [1.54, 1.807) is 19.1 Å². The van der Waals surface area contributed by atoms with Crippen LogP contribution in [-0.4, -0.2) is 22.8 Å². The molecule has 5 nitrogen and oxygen atoms in total. The highest BCUT2D eigenvalue weighted by atomic mass is 16.7. The fraction of sp³-hybridized carbons (Fsp3) is 0.182. The van der Waals surface area contributed by atoms with Gasteiger partial charge in [-0.15, -0.1) is 0 Å². The first-order chi connectivity index (χ1) is 7.52. The van der Waals surface area contributed by atoms with E-state index in [9.17, 15) is 14.4 Å². The molecule has 1 heterocycles. The maximum absolute atomic E-state index is 11.8. The molecule has 0 aliphatic carbocycles. The minimum Gasteiger partial charge on any atom is -0.330 e. The first kappa shape index (κ1) is 10.4. The second-order valence-electron chi connectivity index (χ2n) is 3.49. The van der Waals surface area contributed by atoms with Crippen molar-refractivity contribution in [3.63, 3.8) is 0 Å². The minimum absolute atomic E-state index is 0.270. The standard InChI is InChI=1S/C11H9NO4/c1-6-4-3-5-8-9(6)11(15)12(10(8)14)16-7(2)13/h3-5H,1-2H3. The number of rotatable bonds is 1. The SMILES string of the molecule is CC(=O)ON1C(=O)c2cccc(C)c2C1=O. The van der Waals surface area contributed by atoms with E-state index in [1.165, 1.54) is 6.07 Å². The maximum Gasteiger partial charge on any atom is 0.330 e. The smallest absolute Gasteiger partial charge is 0.330 e. The van der Waals surface area contributed by atoms with Crippen molar-refractivity contribution in [1.82, 2.24) is 5.06 Å². The van der Waals surface area contributed by atoms with Crippen LogP contribution in [0, 0.1) is 6.92 Å². The Hall–Kier alpha value is -2.17. The Labute approximate surface area is 91.6 Å². The zero-order valence-electron chi connectivity index (χ0n) is 8.81. The molecule has 82 valence electrons. The summed E-state index contributed by atoms with van der Waals surface area (Å²) < 4.78 is 0. The monoisotopic (exact) mass is 219 g/mol. The molecule has 0 unspecified atom stereocenters. The Morgan fingerprint density at radius 3 is 2.50 bits per heavy atom. The molecule has 2 rings (SSSR count). The van der Waals surface area contributed by atoms with Gasteiger partial charge in [0.05, 0.1) is 11.1 Å². The molecule has 1 aromatic carbocycles. The minimum atomic E-state index is -0.702. The molecule has 1 aliphatic rings. The molecule has 0 saturated heterocycles. The van der Waals surface area contributed by atoms with Gasteiger partial charge in [0.15, 0.2) is 0 Å². The van der Waals surface area contributed by atoms with E-state index in [4.69, 9.17) is 0 Å². The lowest BCUT2D eigenvalue weighted by atomic mass is 10.0. The predicted molar refractivity (Wildman–Crippen MR) is 53.4 cm³/mol. The van der Waals surface area contributed by atoms with Crippen LogP contribution in [0.2, 0.25) is 0 Å². The van der Waals surface area contributed by atoms with Crippen LogP contribution in [-0.2, 0) is 9.63 Å². The van der Waals surface area contributed by atoms with Crippen LogP contribution in [0.3, 0.4) is 0 Å². The number of imide groups is 1. The molecule has 2 amide bonds. The van der Waals surface area contributed by atoms with Gasteiger partial charge in [-0.1, -0.05) is 17.2 Å². The lowest BCUT2D eigenvalue weighted by Gasteiger charge is -2.10. The van der Waals surface area contributed by atoms with E-state index in [1.807, 2.05) is 0 Å². The second-order valence-corrected chi connectivity index (χ2v) is 3.49. The predicted octanol–water partition coefficient (Wildman–Crippen LogP) is 1.07. The summed E-state index contributed by atoms with van der Waals surface area (Å²) in [6.07, 6.45) is 0. The third-order valence-electron chi connectivity index (χ3n) is 2.31. The number of nitrogens with zero attached hydrogens (tertiary/aromatic N) is 1. The van der Waals surface area contributed by atoms with Crippen molar-refractivity contribution in [3.05, 3.63) is 34.9 Å². The number of fused-ring (bicyclic) bond motifs is 1. The zero-order chi connectivity index (χ0) is 11.9. The van der Waals surface area contributed by atoms with Crippen LogP contribution >= 0.6 is 0 Å². The molecule has 0 spiro atoms. The molecule has 0 fully saturated rings. The summed E-state index contributed by atoms with van der Waals surface area (Å²) in [4.78, 5) is 38.8. The number of hydrogen-bond donors (Lipinski definition) is 0. The van der Waals surface area contributed by atoms with Crippen molar-refractivity contribution >= 4 is 17.8 Å². The highest BCUT2D eigenvalue weighted by molar-refractivity contribution is 6.21. The number of aryl methyl sites for hydroxylation is 1. The van der Waals surface area contributed by atoms with E-state index < -0.39 is 17.8 Å². The summed E-state index contributed by atoms with van der Waals surface area (Å²) in [6, 6.07) is 4.93. The van der Waals surface area contributed by atoms with Gasteiger partial charge in [-0.3, -0.25) is 9.59 Å². The average Bonchev–Trinajstić information content (AvgIpc) is 2.44. The normalized spacial score (nSPS) is 14.0. The summed E-state index contributed by atoms with van der Waals surface area (Å²) in [7, 11) is 0. The molecule has 0 aromatic heterocycles. The molecule has 0 bridgehead atoms. The van der Waals surface area contributed by atoms with E-state index in [2.05, 4.69) is 4.84 Å². The Kier molecular flexibility index (Phi) is 2.23. The number of carbonyl (C=O) groups is 3. The fourth-order valence-corrected chi connectivity index (χ4v) is 1.64. The van der Waals surface area contributed by atoms with Crippen molar-refractivity contribution < 1.29 is 19.2 Å². The third kappa shape index (κ3) is 1.37. The molecular formula is C11H9NO4. The van der Waals surface area contributed by atoms with Gasteiger partial charge in [-0.25, -0.2) is 4.79 Å². The molecule has 0 N–H and O–H groups in total. The van der Waals surface area contributed by atoms with Crippen molar-refractivity contribution in [2.24, 2.45) is 0 Å². The quantitative estimate of drug-likeness (QED) is 0.663. The van der Waals surface area contributed by atoms with Gasteiger partial charge in [0.25, 0.3) is 11.8 Å². The van der Waals surface area contributed by atoms with Gasteiger partial charge in [0.2, 0.25) is 0 Å². The lowest BCUT2D eigenvalue weighted by molar-refractivity contribution is -0.165. The van der Waals surface area contributed by atoms with Crippen LogP contribution in [0.5, 0.6) is 0 Å². The maximum atomic E-state index is 11.8. The third-order valence-corrected chi connectivity index (χ3v) is 2.31. The summed E-state index contributed by atoms with van der Waals surface area (Å²) in [5.74, 6) is -1.89. The van der Waals surface area contributed by atoms with Gasteiger partial charge < -0.3 is 4.84 Å². The zero-order valence-corrected chi connectivity index (χ0v) is 8.81. The Morgan fingerprint density at radius 1 is 1.25 bits per heavy atom. The summed E-state index contributed by atoms with van der Waals surface area (Å²) in [5, 5.41) is 0.500. The number of hydrogen-bond acceptors (Lipinski definition) is 4. The number of benzene rings is 1. The Bertz CT molecular complexity index is 507. The van der Waals surface area contributed by atoms with Crippen LogP contribution in [0.25, 0.3) is 0 Å². The van der Waals surface area contributed by atoms with Crippen LogP contribution in [0.15, 0.2) is 18.2 Å². The van der Waals surface area contributed by atoms with Crippen molar-refractivity contribution in [3.8, 4) is 0 Å².